The molecule has 1 aromatic carbocycles. The summed E-state index contributed by atoms with van der Waals surface area (Å²) in [7, 11) is 0. The first-order valence-electron chi connectivity index (χ1n) is 8.18. The van der Waals surface area contributed by atoms with E-state index in [4.69, 9.17) is 5.11 Å². The number of carboxylic acids is 1. The van der Waals surface area contributed by atoms with Crippen molar-refractivity contribution in [2.24, 2.45) is 5.92 Å². The molecule has 0 radical (unpaired) electrons. The van der Waals surface area contributed by atoms with Crippen LogP contribution in [0.15, 0.2) is 47.9 Å². The quantitative estimate of drug-likeness (QED) is 0.750. The van der Waals surface area contributed by atoms with E-state index in [0.29, 0.717) is 10.8 Å². The van der Waals surface area contributed by atoms with Crippen LogP contribution in [0.3, 0.4) is 0 Å². The van der Waals surface area contributed by atoms with Gasteiger partial charge in [0.05, 0.1) is 11.9 Å². The fourth-order valence-corrected chi connectivity index (χ4v) is 4.60. The van der Waals surface area contributed by atoms with E-state index in [1.807, 2.05) is 42.6 Å². The molecule has 24 heavy (non-hydrogen) atoms. The van der Waals surface area contributed by atoms with Gasteiger partial charge < -0.3 is 9.67 Å². The number of benzene rings is 1. The highest BCUT2D eigenvalue weighted by atomic mass is 35.5. The highest BCUT2D eigenvalue weighted by Gasteiger charge is 2.25. The van der Waals surface area contributed by atoms with Crippen LogP contribution in [0.1, 0.15) is 42.5 Å². The summed E-state index contributed by atoms with van der Waals surface area (Å²) in [6.07, 6.45) is 12.3. The van der Waals surface area contributed by atoms with Crippen LogP contribution in [-0.4, -0.2) is 25.9 Å². The number of halogens is 1. The second-order valence-electron chi connectivity index (χ2n) is 6.14. The summed E-state index contributed by atoms with van der Waals surface area (Å²) < 4.78 is 2.15. The number of rotatable bonds is 6. The number of aromatic carboxylic acids is 1. The predicted octanol–water partition coefficient (Wildman–Crippen LogP) is 4.74. The van der Waals surface area contributed by atoms with Crippen LogP contribution in [0.25, 0.3) is 0 Å². The maximum atomic E-state index is 11.0. The van der Waals surface area contributed by atoms with E-state index in [1.54, 1.807) is 12.1 Å². The van der Waals surface area contributed by atoms with E-state index in [2.05, 4.69) is 9.55 Å². The highest BCUT2D eigenvalue weighted by molar-refractivity contribution is 8.00. The van der Waals surface area contributed by atoms with E-state index >= 15 is 0 Å². The minimum atomic E-state index is -0.871. The summed E-state index contributed by atoms with van der Waals surface area (Å²) in [5.74, 6) is -0.154. The monoisotopic (exact) mass is 366 g/mol. The van der Waals surface area contributed by atoms with E-state index < -0.39 is 5.97 Å². The third kappa shape index (κ3) is 5.02. The van der Waals surface area contributed by atoms with Gasteiger partial charge in [-0.1, -0.05) is 19.3 Å². The van der Waals surface area contributed by atoms with Gasteiger partial charge in [-0.25, -0.2) is 9.78 Å². The highest BCUT2D eigenvalue weighted by Crippen LogP contribution is 2.37. The lowest BCUT2D eigenvalue weighted by Crippen LogP contribution is -2.24. The first-order valence-corrected chi connectivity index (χ1v) is 9.06. The second kappa shape index (κ2) is 9.14. The summed E-state index contributed by atoms with van der Waals surface area (Å²) in [4.78, 5) is 16.3. The molecule has 0 saturated heterocycles. The minimum absolute atomic E-state index is 0. The molecule has 130 valence electrons. The average molecular weight is 367 g/mol. The van der Waals surface area contributed by atoms with Gasteiger partial charge >= 0.3 is 5.97 Å². The Morgan fingerprint density at radius 1 is 1.25 bits per heavy atom. The van der Waals surface area contributed by atoms with Crippen molar-refractivity contribution in [1.29, 1.82) is 0 Å². The van der Waals surface area contributed by atoms with Crippen LogP contribution < -0.4 is 0 Å². The predicted molar refractivity (Wildman–Crippen MR) is 99.1 cm³/mol. The smallest absolute Gasteiger partial charge is 0.335 e. The van der Waals surface area contributed by atoms with Gasteiger partial charge in [0.2, 0.25) is 0 Å². The summed E-state index contributed by atoms with van der Waals surface area (Å²) in [6.45, 7) is 0.954. The molecular formula is C18H23ClN2O2S. The molecule has 1 aliphatic rings. The van der Waals surface area contributed by atoms with Crippen LogP contribution in [0.5, 0.6) is 0 Å². The molecule has 3 rings (SSSR count). The van der Waals surface area contributed by atoms with Crippen LogP contribution in [0.2, 0.25) is 0 Å². The normalized spacial score (nSPS) is 16.3. The number of hydrogen-bond acceptors (Lipinski definition) is 3. The fraction of sp³-hybridized carbons (Fsp3) is 0.444. The largest absolute Gasteiger partial charge is 0.478 e. The van der Waals surface area contributed by atoms with Crippen LogP contribution in [-0.2, 0) is 6.54 Å². The molecule has 1 N–H and O–H groups in total. The molecule has 0 amide bonds. The number of thioether (sulfide) groups is 1. The van der Waals surface area contributed by atoms with E-state index in [0.717, 1.165) is 17.4 Å². The van der Waals surface area contributed by atoms with Gasteiger partial charge in [0.1, 0.15) is 0 Å². The fourth-order valence-electron chi connectivity index (χ4n) is 3.24. The maximum absolute atomic E-state index is 11.0. The van der Waals surface area contributed by atoms with Gasteiger partial charge in [-0.15, -0.1) is 24.2 Å². The number of nitrogens with zero attached hydrogens (tertiary/aromatic N) is 2. The lowest BCUT2D eigenvalue weighted by atomic mass is 9.86. The summed E-state index contributed by atoms with van der Waals surface area (Å²) >= 11 is 1.87. The zero-order chi connectivity index (χ0) is 16.1. The molecule has 0 bridgehead atoms. The van der Waals surface area contributed by atoms with Crippen LogP contribution in [0, 0.1) is 5.92 Å². The third-order valence-electron chi connectivity index (χ3n) is 4.51. The Morgan fingerprint density at radius 2 is 1.96 bits per heavy atom. The molecule has 1 aliphatic carbocycles. The molecule has 1 heterocycles. The van der Waals surface area contributed by atoms with E-state index in [1.165, 1.54) is 32.1 Å². The lowest BCUT2D eigenvalue weighted by Gasteiger charge is -2.30. The SMILES string of the molecule is Cl.O=C(O)c1ccc(SC(Cn2ccnc2)C2CCCCC2)cc1. The molecule has 4 nitrogen and oxygen atoms in total. The van der Waals surface area contributed by atoms with E-state index in [-0.39, 0.29) is 12.4 Å². The Bertz CT molecular complexity index is 625. The molecule has 1 fully saturated rings. The third-order valence-corrected chi connectivity index (χ3v) is 5.90. The molecule has 1 saturated carbocycles. The second-order valence-corrected chi connectivity index (χ2v) is 7.46. The molecule has 0 spiro atoms. The van der Waals surface area contributed by atoms with Gasteiger partial charge in [-0.05, 0) is 43.0 Å². The minimum Gasteiger partial charge on any atom is -0.478 e. The van der Waals surface area contributed by atoms with Crippen molar-refractivity contribution < 1.29 is 9.90 Å². The van der Waals surface area contributed by atoms with Crippen molar-refractivity contribution in [3.63, 3.8) is 0 Å². The summed E-state index contributed by atoms with van der Waals surface area (Å²) in [5, 5.41) is 9.52. The van der Waals surface area contributed by atoms with Gasteiger partial charge in [-0.3, -0.25) is 0 Å². The Hall–Kier alpha value is -1.46. The Kier molecular flexibility index (Phi) is 7.18. The number of hydrogen-bond donors (Lipinski definition) is 1. The van der Waals surface area contributed by atoms with Crippen molar-refractivity contribution in [2.45, 2.75) is 48.8 Å². The zero-order valence-electron chi connectivity index (χ0n) is 13.5. The summed E-state index contributed by atoms with van der Waals surface area (Å²) in [5.41, 5.74) is 0.346. The average Bonchev–Trinajstić information content (AvgIpc) is 3.09. The number of imidazole rings is 1. The van der Waals surface area contributed by atoms with Gasteiger partial charge in [0.15, 0.2) is 0 Å². The van der Waals surface area contributed by atoms with Crippen molar-refractivity contribution >= 4 is 30.1 Å². The van der Waals surface area contributed by atoms with Crippen molar-refractivity contribution in [3.8, 4) is 0 Å². The number of carbonyl (C=O) groups is 1. The molecule has 1 unspecified atom stereocenters. The molecule has 2 aromatic rings. The maximum Gasteiger partial charge on any atom is 0.335 e. The van der Waals surface area contributed by atoms with Gasteiger partial charge in [-0.2, -0.15) is 0 Å². The van der Waals surface area contributed by atoms with Crippen LogP contribution in [0.4, 0.5) is 0 Å². The molecule has 1 atom stereocenters. The van der Waals surface area contributed by atoms with Crippen LogP contribution >= 0.6 is 24.2 Å². The first-order chi connectivity index (χ1) is 11.2. The Balaban J connectivity index is 0.00000208. The lowest BCUT2D eigenvalue weighted by molar-refractivity contribution is 0.0697. The molecular weight excluding hydrogens is 344 g/mol. The Labute approximate surface area is 153 Å². The molecule has 0 aliphatic heterocycles. The van der Waals surface area contributed by atoms with Crippen molar-refractivity contribution in [2.75, 3.05) is 0 Å². The standard InChI is InChI=1S/C18H22N2O2S.ClH/c21-18(22)15-6-8-16(9-7-15)23-17(12-20-11-10-19-13-20)14-4-2-1-3-5-14;/h6-11,13-14,17H,1-5,12H2,(H,21,22);1H. The number of aromatic nitrogens is 2. The zero-order valence-corrected chi connectivity index (χ0v) is 15.1. The van der Waals surface area contributed by atoms with Crippen molar-refractivity contribution in [3.05, 3.63) is 48.5 Å². The Morgan fingerprint density at radius 3 is 2.54 bits per heavy atom. The molecule has 1 aromatic heterocycles. The first kappa shape index (κ1) is 18.9. The van der Waals surface area contributed by atoms with Gasteiger partial charge in [0, 0.05) is 29.1 Å². The molecule has 6 heteroatoms. The number of carboxylic acid groups (broad SMARTS) is 1. The van der Waals surface area contributed by atoms with Crippen molar-refractivity contribution in [1.82, 2.24) is 9.55 Å². The van der Waals surface area contributed by atoms with Gasteiger partial charge in [0.25, 0.3) is 0 Å². The van der Waals surface area contributed by atoms with E-state index in [9.17, 15) is 4.79 Å². The topological polar surface area (TPSA) is 55.1 Å². The summed E-state index contributed by atoms with van der Waals surface area (Å²) in [6, 6.07) is 7.25.